The van der Waals surface area contributed by atoms with Gasteiger partial charge in [-0.3, -0.25) is 9.78 Å². The Hall–Kier alpha value is -2.42. The molecule has 1 aliphatic rings. The van der Waals surface area contributed by atoms with Crippen molar-refractivity contribution in [1.29, 1.82) is 0 Å². The summed E-state index contributed by atoms with van der Waals surface area (Å²) in [5, 5.41) is 0. The van der Waals surface area contributed by atoms with E-state index < -0.39 is 0 Å². The average Bonchev–Trinajstić information content (AvgIpc) is 2.93. The van der Waals surface area contributed by atoms with Gasteiger partial charge in [-0.25, -0.2) is 0 Å². The number of aryl methyl sites for hydroxylation is 1. The molecule has 3 nitrogen and oxygen atoms in total. The fourth-order valence-corrected chi connectivity index (χ4v) is 3.31. The van der Waals surface area contributed by atoms with Crippen LogP contribution in [-0.2, 0) is 12.8 Å². The molecule has 0 bridgehead atoms. The van der Waals surface area contributed by atoms with Crippen LogP contribution in [0.4, 0.5) is 0 Å². The van der Waals surface area contributed by atoms with Crippen LogP contribution in [0.25, 0.3) is 5.57 Å². The molecule has 0 amide bonds. The topological polar surface area (TPSA) is 33.2 Å². The molecule has 0 aliphatic heterocycles. The van der Waals surface area contributed by atoms with E-state index in [1.165, 1.54) is 24.8 Å². The molecule has 1 aliphatic carbocycles. The number of carbonyl (C=O) groups excluding carboxylic acids is 1. The standard InChI is InChI=1S/C21H24N2O.C2H6/c1-23(2)15-19(21(24)16-9-5-3-6-10-16)17-13-14-22-20-12-8-4-7-11-18(17)20;1-2/h3,5-6,9-10,13-15H,4,7-8,11-12H2,1-2H3;1-2H3/b19-15-;. The van der Waals surface area contributed by atoms with E-state index in [0.29, 0.717) is 0 Å². The second kappa shape index (κ2) is 9.91. The van der Waals surface area contributed by atoms with E-state index in [1.54, 1.807) is 0 Å². The minimum Gasteiger partial charge on any atom is -0.383 e. The fraction of sp³-hybridized carbons (Fsp3) is 0.391. The molecule has 0 fully saturated rings. The Balaban J connectivity index is 0.00000117. The lowest BCUT2D eigenvalue weighted by atomic mass is 9.91. The lowest BCUT2D eigenvalue weighted by Gasteiger charge is -2.16. The number of pyridine rings is 1. The highest BCUT2D eigenvalue weighted by molar-refractivity contribution is 6.29. The molecule has 3 heteroatoms. The third-order valence-corrected chi connectivity index (χ3v) is 4.44. The summed E-state index contributed by atoms with van der Waals surface area (Å²) in [5.74, 6) is 0.0712. The van der Waals surface area contributed by atoms with Crippen molar-refractivity contribution in [1.82, 2.24) is 9.88 Å². The summed E-state index contributed by atoms with van der Waals surface area (Å²) < 4.78 is 0. The molecule has 0 atom stereocenters. The van der Waals surface area contributed by atoms with Crippen molar-refractivity contribution in [2.24, 2.45) is 0 Å². The molecule has 0 spiro atoms. The number of allylic oxidation sites excluding steroid dienone is 1. The van der Waals surface area contributed by atoms with E-state index in [-0.39, 0.29) is 5.78 Å². The van der Waals surface area contributed by atoms with Crippen molar-refractivity contribution >= 4 is 11.4 Å². The van der Waals surface area contributed by atoms with Crippen LogP contribution < -0.4 is 0 Å². The molecule has 0 saturated carbocycles. The first-order valence-corrected chi connectivity index (χ1v) is 9.62. The Bertz CT molecular complexity index is 748. The minimum absolute atomic E-state index is 0.0712. The smallest absolute Gasteiger partial charge is 0.195 e. The SMILES string of the molecule is CC.CN(C)/C=C(\C(=O)c1ccccc1)c1ccnc2c1CCCCC2. The molecular formula is C23H30N2O. The Morgan fingerprint density at radius 1 is 1.00 bits per heavy atom. The van der Waals surface area contributed by atoms with E-state index in [2.05, 4.69) is 4.98 Å². The maximum absolute atomic E-state index is 13.1. The molecule has 0 N–H and O–H groups in total. The summed E-state index contributed by atoms with van der Waals surface area (Å²) in [5.41, 5.74) is 4.95. The second-order valence-electron chi connectivity index (χ2n) is 6.55. The highest BCUT2D eigenvalue weighted by Crippen LogP contribution is 2.29. The number of rotatable bonds is 4. The average molecular weight is 351 g/mol. The van der Waals surface area contributed by atoms with Crippen molar-refractivity contribution in [3.8, 4) is 0 Å². The molecule has 2 aromatic rings. The first kappa shape index (κ1) is 19.9. The van der Waals surface area contributed by atoms with Crippen LogP contribution in [0, 0.1) is 0 Å². The summed E-state index contributed by atoms with van der Waals surface area (Å²) in [6, 6.07) is 11.5. The van der Waals surface area contributed by atoms with Crippen LogP contribution in [0.15, 0.2) is 48.8 Å². The Morgan fingerprint density at radius 2 is 1.69 bits per heavy atom. The zero-order valence-electron chi connectivity index (χ0n) is 16.5. The van der Waals surface area contributed by atoms with Crippen LogP contribution in [0.1, 0.15) is 60.3 Å². The van der Waals surface area contributed by atoms with E-state index in [4.69, 9.17) is 0 Å². The summed E-state index contributed by atoms with van der Waals surface area (Å²) in [6.45, 7) is 4.00. The van der Waals surface area contributed by atoms with Gasteiger partial charge in [0.1, 0.15) is 0 Å². The monoisotopic (exact) mass is 350 g/mol. The van der Waals surface area contributed by atoms with E-state index in [1.807, 2.05) is 81.6 Å². The number of nitrogens with zero attached hydrogens (tertiary/aromatic N) is 2. The van der Waals surface area contributed by atoms with Gasteiger partial charge in [0.25, 0.3) is 0 Å². The molecule has 26 heavy (non-hydrogen) atoms. The van der Waals surface area contributed by atoms with Crippen molar-refractivity contribution in [2.45, 2.75) is 46.0 Å². The maximum atomic E-state index is 13.1. The molecule has 0 radical (unpaired) electrons. The number of hydrogen-bond donors (Lipinski definition) is 0. The largest absolute Gasteiger partial charge is 0.383 e. The van der Waals surface area contributed by atoms with Gasteiger partial charge < -0.3 is 4.90 Å². The van der Waals surface area contributed by atoms with Crippen LogP contribution in [0.5, 0.6) is 0 Å². The van der Waals surface area contributed by atoms with Gasteiger partial charge in [0.15, 0.2) is 5.78 Å². The number of hydrogen-bond acceptors (Lipinski definition) is 3. The minimum atomic E-state index is 0.0712. The molecule has 1 aromatic heterocycles. The third-order valence-electron chi connectivity index (χ3n) is 4.44. The van der Waals surface area contributed by atoms with E-state index >= 15 is 0 Å². The van der Waals surface area contributed by atoms with Gasteiger partial charge in [-0.1, -0.05) is 50.6 Å². The summed E-state index contributed by atoms with van der Waals surface area (Å²) >= 11 is 0. The molecular weight excluding hydrogens is 320 g/mol. The lowest BCUT2D eigenvalue weighted by Crippen LogP contribution is -2.12. The lowest BCUT2D eigenvalue weighted by molar-refractivity contribution is 0.105. The molecule has 0 saturated heterocycles. The number of Topliss-reactive ketones (excluding diaryl/α,β-unsaturated/α-hetero) is 1. The van der Waals surface area contributed by atoms with Gasteiger partial charge in [0, 0.05) is 43.3 Å². The predicted octanol–water partition coefficient (Wildman–Crippen LogP) is 5.16. The normalized spacial score (nSPS) is 13.8. The fourth-order valence-electron chi connectivity index (χ4n) is 3.31. The Kier molecular flexibility index (Phi) is 7.58. The van der Waals surface area contributed by atoms with Crippen molar-refractivity contribution < 1.29 is 4.79 Å². The van der Waals surface area contributed by atoms with Gasteiger partial charge in [-0.15, -0.1) is 0 Å². The number of fused-ring (bicyclic) bond motifs is 1. The Labute approximate surface area is 157 Å². The maximum Gasteiger partial charge on any atom is 0.195 e. The summed E-state index contributed by atoms with van der Waals surface area (Å²) in [4.78, 5) is 19.7. The van der Waals surface area contributed by atoms with E-state index in [0.717, 1.165) is 35.2 Å². The van der Waals surface area contributed by atoms with Crippen LogP contribution >= 0.6 is 0 Å². The number of aromatic nitrogens is 1. The first-order valence-electron chi connectivity index (χ1n) is 9.62. The quantitative estimate of drug-likeness (QED) is 0.434. The molecule has 3 rings (SSSR count). The zero-order valence-corrected chi connectivity index (χ0v) is 16.5. The van der Waals surface area contributed by atoms with Gasteiger partial charge in [0.05, 0.1) is 0 Å². The van der Waals surface area contributed by atoms with Gasteiger partial charge in [-0.2, -0.15) is 0 Å². The van der Waals surface area contributed by atoms with Crippen LogP contribution in [-0.4, -0.2) is 29.8 Å². The second-order valence-corrected chi connectivity index (χ2v) is 6.55. The number of carbonyl (C=O) groups is 1. The van der Waals surface area contributed by atoms with Gasteiger partial charge in [-0.05, 0) is 42.9 Å². The summed E-state index contributed by atoms with van der Waals surface area (Å²) in [7, 11) is 3.91. The van der Waals surface area contributed by atoms with E-state index in [9.17, 15) is 4.79 Å². The Morgan fingerprint density at radius 3 is 2.38 bits per heavy atom. The van der Waals surface area contributed by atoms with Gasteiger partial charge >= 0.3 is 0 Å². The van der Waals surface area contributed by atoms with Crippen LogP contribution in [0.2, 0.25) is 0 Å². The zero-order chi connectivity index (χ0) is 18.9. The highest BCUT2D eigenvalue weighted by atomic mass is 16.1. The highest BCUT2D eigenvalue weighted by Gasteiger charge is 2.21. The third kappa shape index (κ3) is 4.81. The first-order chi connectivity index (χ1) is 12.7. The molecule has 1 heterocycles. The summed E-state index contributed by atoms with van der Waals surface area (Å²) in [6.07, 6.45) is 9.39. The van der Waals surface area contributed by atoms with Crippen molar-refractivity contribution in [2.75, 3.05) is 14.1 Å². The van der Waals surface area contributed by atoms with Gasteiger partial charge in [0.2, 0.25) is 0 Å². The molecule has 138 valence electrons. The van der Waals surface area contributed by atoms with Crippen molar-refractivity contribution in [3.05, 3.63) is 71.2 Å². The number of ketones is 1. The number of benzene rings is 1. The molecule has 0 unspecified atom stereocenters. The van der Waals surface area contributed by atoms with Crippen molar-refractivity contribution in [3.63, 3.8) is 0 Å². The van der Waals surface area contributed by atoms with Crippen LogP contribution in [0.3, 0.4) is 0 Å². The molecule has 1 aromatic carbocycles. The predicted molar refractivity (Wildman–Crippen MR) is 109 cm³/mol.